The van der Waals surface area contributed by atoms with Gasteiger partial charge in [-0.1, -0.05) is 0 Å². The number of anilines is 1. The second-order valence-corrected chi connectivity index (χ2v) is 8.09. The number of nitrogens with zero attached hydrogens (tertiary/aromatic N) is 3. The van der Waals surface area contributed by atoms with Gasteiger partial charge in [-0.05, 0) is 30.6 Å². The van der Waals surface area contributed by atoms with Crippen LogP contribution in [-0.2, 0) is 0 Å². The molecule has 4 rings (SSSR count). The molecule has 0 spiro atoms. The maximum absolute atomic E-state index is 12.8. The van der Waals surface area contributed by atoms with Gasteiger partial charge in [0.1, 0.15) is 17.8 Å². The molecule has 2 aliphatic carbocycles. The predicted molar refractivity (Wildman–Crippen MR) is 89.2 cm³/mol. The first kappa shape index (κ1) is 15.2. The Morgan fingerprint density at radius 3 is 2.87 bits per heavy atom. The highest BCUT2D eigenvalue weighted by molar-refractivity contribution is 7.99. The highest BCUT2D eigenvalue weighted by atomic mass is 32.2. The van der Waals surface area contributed by atoms with Crippen LogP contribution in [0, 0.1) is 5.92 Å². The molecule has 4 nitrogen and oxygen atoms in total. The molecule has 0 atom stereocenters. The molecule has 2 saturated carbocycles. The number of H-pyrrole nitrogens is 1. The summed E-state index contributed by atoms with van der Waals surface area (Å²) in [5.41, 5.74) is 0.860. The minimum atomic E-state index is -2.39. The molecule has 1 N–H and O–H groups in total. The van der Waals surface area contributed by atoms with Crippen molar-refractivity contribution >= 4 is 28.6 Å². The van der Waals surface area contributed by atoms with Crippen LogP contribution in [0.5, 0.6) is 0 Å². The lowest BCUT2D eigenvalue weighted by atomic mass is 9.81. The molecule has 2 aromatic heterocycles. The SMILES string of the molecule is CN(c1ncnc2[nH]ccc12)C1CC(CSC2CC(F)(F)C2)C1. The van der Waals surface area contributed by atoms with Gasteiger partial charge >= 0.3 is 0 Å². The van der Waals surface area contributed by atoms with E-state index in [1.165, 1.54) is 0 Å². The predicted octanol–water partition coefficient (Wildman–Crippen LogP) is 3.70. The van der Waals surface area contributed by atoms with Crippen LogP contribution in [-0.4, -0.2) is 45.0 Å². The molecule has 23 heavy (non-hydrogen) atoms. The van der Waals surface area contributed by atoms with Crippen LogP contribution < -0.4 is 4.90 Å². The van der Waals surface area contributed by atoms with Gasteiger partial charge < -0.3 is 9.88 Å². The van der Waals surface area contributed by atoms with Crippen molar-refractivity contribution in [2.24, 2.45) is 5.92 Å². The van der Waals surface area contributed by atoms with Crippen LogP contribution in [0.25, 0.3) is 11.0 Å². The summed E-state index contributed by atoms with van der Waals surface area (Å²) < 4.78 is 25.7. The molecule has 2 heterocycles. The number of hydrogen-bond donors (Lipinski definition) is 1. The van der Waals surface area contributed by atoms with Crippen LogP contribution in [0.2, 0.25) is 0 Å². The van der Waals surface area contributed by atoms with Crippen LogP contribution in [0.15, 0.2) is 18.6 Å². The highest BCUT2D eigenvalue weighted by Gasteiger charge is 2.46. The Bertz CT molecular complexity index is 690. The fourth-order valence-electron chi connectivity index (χ4n) is 3.46. The van der Waals surface area contributed by atoms with Crippen molar-refractivity contribution in [2.75, 3.05) is 17.7 Å². The van der Waals surface area contributed by atoms with E-state index in [1.807, 2.05) is 12.3 Å². The lowest BCUT2D eigenvalue weighted by molar-refractivity contribution is -0.0667. The van der Waals surface area contributed by atoms with Gasteiger partial charge in [0, 0.05) is 37.4 Å². The third kappa shape index (κ3) is 2.91. The Morgan fingerprint density at radius 1 is 1.35 bits per heavy atom. The molecule has 0 amide bonds. The molecule has 0 bridgehead atoms. The van der Waals surface area contributed by atoms with E-state index in [9.17, 15) is 8.78 Å². The van der Waals surface area contributed by atoms with Crippen molar-refractivity contribution in [3.63, 3.8) is 0 Å². The number of alkyl halides is 2. The van der Waals surface area contributed by atoms with Crippen LogP contribution in [0.4, 0.5) is 14.6 Å². The van der Waals surface area contributed by atoms with E-state index in [-0.39, 0.29) is 18.1 Å². The highest BCUT2D eigenvalue weighted by Crippen LogP contribution is 2.46. The molecular weight excluding hydrogens is 318 g/mol. The molecule has 7 heteroatoms. The minimum absolute atomic E-state index is 0.0696. The lowest BCUT2D eigenvalue weighted by Gasteiger charge is -2.43. The number of halogens is 2. The van der Waals surface area contributed by atoms with E-state index in [4.69, 9.17) is 0 Å². The first-order valence-electron chi connectivity index (χ1n) is 8.02. The monoisotopic (exact) mass is 338 g/mol. The summed E-state index contributed by atoms with van der Waals surface area (Å²) in [4.78, 5) is 14.0. The number of thioether (sulfide) groups is 1. The average Bonchev–Trinajstić information content (AvgIpc) is 2.91. The molecule has 0 aliphatic heterocycles. The van der Waals surface area contributed by atoms with Crippen molar-refractivity contribution in [3.8, 4) is 0 Å². The standard InChI is InChI=1S/C16H20F2N4S/c1-22(15-13-2-3-19-14(13)20-9-21-15)11-4-10(5-11)8-23-12-6-16(17,18)7-12/h2-3,9-12H,4-8H2,1H3,(H,19,20,21). The summed E-state index contributed by atoms with van der Waals surface area (Å²) in [6.07, 6.45) is 5.84. The smallest absolute Gasteiger partial charge is 0.250 e. The maximum Gasteiger partial charge on any atom is 0.250 e. The summed E-state index contributed by atoms with van der Waals surface area (Å²) in [6.45, 7) is 0. The topological polar surface area (TPSA) is 44.8 Å². The zero-order chi connectivity index (χ0) is 16.0. The third-order valence-electron chi connectivity index (χ3n) is 5.05. The second-order valence-electron chi connectivity index (χ2n) is 6.76. The lowest BCUT2D eigenvalue weighted by Crippen LogP contribution is -2.44. The summed E-state index contributed by atoms with van der Waals surface area (Å²) >= 11 is 1.73. The normalized spacial score (nSPS) is 26.7. The number of aromatic amines is 1. The van der Waals surface area contributed by atoms with E-state index in [2.05, 4.69) is 26.9 Å². The van der Waals surface area contributed by atoms with Gasteiger partial charge in [0.05, 0.1) is 5.39 Å². The van der Waals surface area contributed by atoms with Crippen molar-refractivity contribution in [1.82, 2.24) is 15.0 Å². The van der Waals surface area contributed by atoms with Gasteiger partial charge in [-0.2, -0.15) is 11.8 Å². The second kappa shape index (κ2) is 5.61. The number of fused-ring (bicyclic) bond motifs is 1. The first-order valence-corrected chi connectivity index (χ1v) is 9.07. The van der Waals surface area contributed by atoms with Crippen molar-refractivity contribution in [2.45, 2.75) is 42.9 Å². The van der Waals surface area contributed by atoms with Crippen molar-refractivity contribution < 1.29 is 8.78 Å². The van der Waals surface area contributed by atoms with Gasteiger partial charge in [0.25, 0.3) is 0 Å². The van der Waals surface area contributed by atoms with E-state index in [0.717, 1.165) is 35.4 Å². The zero-order valence-corrected chi connectivity index (χ0v) is 13.8. The fraction of sp³-hybridized carbons (Fsp3) is 0.625. The van der Waals surface area contributed by atoms with E-state index < -0.39 is 5.92 Å². The summed E-state index contributed by atoms with van der Waals surface area (Å²) in [5, 5.41) is 1.22. The van der Waals surface area contributed by atoms with E-state index >= 15 is 0 Å². The third-order valence-corrected chi connectivity index (χ3v) is 6.51. The first-order chi connectivity index (χ1) is 11.0. The number of nitrogens with one attached hydrogen (secondary N) is 1. The Hall–Kier alpha value is -1.37. The van der Waals surface area contributed by atoms with Gasteiger partial charge in [-0.25, -0.2) is 18.7 Å². The molecule has 2 aliphatic rings. The Kier molecular flexibility index (Phi) is 3.70. The molecular formula is C16H20F2N4S. The molecule has 124 valence electrons. The Balaban J connectivity index is 1.29. The van der Waals surface area contributed by atoms with E-state index in [1.54, 1.807) is 18.1 Å². The minimum Gasteiger partial charge on any atom is -0.356 e. The van der Waals surface area contributed by atoms with E-state index in [0.29, 0.717) is 12.0 Å². The van der Waals surface area contributed by atoms with Gasteiger partial charge in [0.2, 0.25) is 5.92 Å². The largest absolute Gasteiger partial charge is 0.356 e. The maximum atomic E-state index is 12.8. The van der Waals surface area contributed by atoms with Crippen LogP contribution in [0.1, 0.15) is 25.7 Å². The number of hydrogen-bond acceptors (Lipinski definition) is 4. The fourth-order valence-corrected chi connectivity index (χ4v) is 5.00. The average molecular weight is 338 g/mol. The Labute approximate surface area is 138 Å². The van der Waals surface area contributed by atoms with Crippen LogP contribution in [0.3, 0.4) is 0 Å². The molecule has 0 unspecified atom stereocenters. The summed E-state index contributed by atoms with van der Waals surface area (Å²) in [6, 6.07) is 2.49. The van der Waals surface area contributed by atoms with Crippen molar-refractivity contribution in [1.29, 1.82) is 0 Å². The number of aromatic nitrogens is 3. The summed E-state index contributed by atoms with van der Waals surface area (Å²) in [7, 11) is 2.08. The van der Waals surface area contributed by atoms with Gasteiger partial charge in [-0.3, -0.25) is 0 Å². The molecule has 0 saturated heterocycles. The Morgan fingerprint density at radius 2 is 2.13 bits per heavy atom. The zero-order valence-electron chi connectivity index (χ0n) is 13.0. The van der Waals surface area contributed by atoms with Crippen molar-refractivity contribution in [3.05, 3.63) is 18.6 Å². The van der Waals surface area contributed by atoms with Crippen LogP contribution >= 0.6 is 11.8 Å². The number of rotatable bonds is 5. The van der Waals surface area contributed by atoms with Gasteiger partial charge in [0.15, 0.2) is 0 Å². The molecule has 0 radical (unpaired) electrons. The summed E-state index contributed by atoms with van der Waals surface area (Å²) in [5.74, 6) is 0.222. The molecule has 0 aromatic carbocycles. The molecule has 2 aromatic rings. The van der Waals surface area contributed by atoms with Gasteiger partial charge in [-0.15, -0.1) is 0 Å². The quantitative estimate of drug-likeness (QED) is 0.903. The molecule has 2 fully saturated rings.